The largest absolute Gasteiger partial charge is 0.286 e. The second-order valence-electron chi connectivity index (χ2n) is 4.25. The molecule has 0 unspecified atom stereocenters. The van der Waals surface area contributed by atoms with Gasteiger partial charge in [-0.3, -0.25) is 4.90 Å². The molecule has 0 bridgehead atoms. The van der Waals surface area contributed by atoms with E-state index in [1.54, 1.807) is 36.5 Å². The van der Waals surface area contributed by atoms with Crippen LogP contribution in [0.4, 0.5) is 20.9 Å². The summed E-state index contributed by atoms with van der Waals surface area (Å²) >= 11 is 13.6. The van der Waals surface area contributed by atoms with E-state index in [9.17, 15) is 4.39 Å². The smallest absolute Gasteiger partial charge is 0.194 e. The van der Waals surface area contributed by atoms with Gasteiger partial charge in [-0.2, -0.15) is 0 Å². The highest BCUT2D eigenvalue weighted by Crippen LogP contribution is 2.38. The van der Waals surface area contributed by atoms with Crippen molar-refractivity contribution in [1.29, 1.82) is 0 Å². The Morgan fingerprint density at radius 3 is 2.19 bits per heavy atom. The van der Waals surface area contributed by atoms with Crippen molar-refractivity contribution in [3.05, 3.63) is 69.9 Å². The number of halogens is 3. The fraction of sp³-hybridized carbons (Fsp3) is 0. The predicted octanol–water partition coefficient (Wildman–Crippen LogP) is 6.06. The Balaban J connectivity index is 2.14. The number of anilines is 3. The second kappa shape index (κ2) is 6.02. The molecule has 0 aliphatic carbocycles. The molecule has 0 aliphatic rings. The maximum atomic E-state index is 13.1. The van der Waals surface area contributed by atoms with Crippen molar-refractivity contribution >= 4 is 51.0 Å². The molecule has 0 amide bonds. The first-order chi connectivity index (χ1) is 10.1. The van der Waals surface area contributed by atoms with Crippen LogP contribution in [0.15, 0.2) is 54.0 Å². The number of rotatable bonds is 3. The molecule has 0 saturated carbocycles. The van der Waals surface area contributed by atoms with Crippen molar-refractivity contribution in [1.82, 2.24) is 4.98 Å². The number of nitrogens with zero attached hydrogens (tertiary/aromatic N) is 2. The minimum atomic E-state index is -0.290. The summed E-state index contributed by atoms with van der Waals surface area (Å²) in [5.74, 6) is -0.290. The Morgan fingerprint density at radius 1 is 0.952 bits per heavy atom. The summed E-state index contributed by atoms with van der Waals surface area (Å²) in [6, 6.07) is 11.4. The molecule has 2 nitrogen and oxygen atoms in total. The Hall–Kier alpha value is -1.62. The summed E-state index contributed by atoms with van der Waals surface area (Å²) in [4.78, 5) is 6.19. The molecule has 1 aromatic heterocycles. The third kappa shape index (κ3) is 3.18. The van der Waals surface area contributed by atoms with Crippen molar-refractivity contribution in [2.45, 2.75) is 0 Å². The van der Waals surface area contributed by atoms with E-state index >= 15 is 0 Å². The molecule has 3 aromatic rings. The van der Waals surface area contributed by atoms with Crippen LogP contribution < -0.4 is 4.90 Å². The maximum Gasteiger partial charge on any atom is 0.194 e. The number of hydrogen-bond donors (Lipinski definition) is 0. The zero-order valence-corrected chi connectivity index (χ0v) is 13.0. The van der Waals surface area contributed by atoms with Gasteiger partial charge >= 0.3 is 0 Å². The Kier molecular flexibility index (Phi) is 4.10. The zero-order valence-electron chi connectivity index (χ0n) is 10.6. The summed E-state index contributed by atoms with van der Waals surface area (Å²) < 4.78 is 13.1. The minimum Gasteiger partial charge on any atom is -0.286 e. The summed E-state index contributed by atoms with van der Waals surface area (Å²) in [7, 11) is 0. The van der Waals surface area contributed by atoms with Crippen LogP contribution in [-0.4, -0.2) is 4.98 Å². The topological polar surface area (TPSA) is 16.1 Å². The van der Waals surface area contributed by atoms with E-state index in [0.717, 1.165) is 16.5 Å². The molecule has 0 radical (unpaired) electrons. The zero-order chi connectivity index (χ0) is 14.8. The van der Waals surface area contributed by atoms with Crippen molar-refractivity contribution in [3.8, 4) is 0 Å². The van der Waals surface area contributed by atoms with E-state index in [1.807, 2.05) is 10.3 Å². The molecule has 0 spiro atoms. The third-order valence-electron chi connectivity index (χ3n) is 2.80. The lowest BCUT2D eigenvalue weighted by molar-refractivity contribution is 0.628. The highest BCUT2D eigenvalue weighted by molar-refractivity contribution is 7.13. The number of thiazole rings is 1. The monoisotopic (exact) mass is 338 g/mol. The van der Waals surface area contributed by atoms with Crippen LogP contribution >= 0.6 is 34.5 Å². The van der Waals surface area contributed by atoms with E-state index < -0.39 is 0 Å². The molecule has 0 fully saturated rings. The number of aromatic nitrogens is 1. The average Bonchev–Trinajstić information content (AvgIpc) is 2.94. The lowest BCUT2D eigenvalue weighted by atomic mass is 10.2. The molecule has 0 aliphatic heterocycles. The molecule has 0 N–H and O–H groups in total. The normalized spacial score (nSPS) is 10.6. The quantitative estimate of drug-likeness (QED) is 0.577. The number of hydrogen-bond acceptors (Lipinski definition) is 3. The van der Waals surface area contributed by atoms with E-state index in [4.69, 9.17) is 23.2 Å². The van der Waals surface area contributed by atoms with Gasteiger partial charge in [0.05, 0.1) is 5.69 Å². The maximum absolute atomic E-state index is 13.1. The van der Waals surface area contributed by atoms with Crippen LogP contribution in [0.1, 0.15) is 0 Å². The average molecular weight is 339 g/mol. The molecule has 3 rings (SSSR count). The molecule has 0 saturated heterocycles. The number of benzene rings is 2. The Morgan fingerprint density at radius 2 is 1.62 bits per heavy atom. The first kappa shape index (κ1) is 14.3. The summed E-state index contributed by atoms with van der Waals surface area (Å²) in [6.45, 7) is 0. The predicted molar refractivity (Wildman–Crippen MR) is 86.8 cm³/mol. The van der Waals surface area contributed by atoms with Crippen LogP contribution in [0.2, 0.25) is 10.0 Å². The molecule has 1 heterocycles. The van der Waals surface area contributed by atoms with Gasteiger partial charge in [-0.15, -0.1) is 11.3 Å². The Labute approximate surface area is 135 Å². The van der Waals surface area contributed by atoms with Gasteiger partial charge in [0.15, 0.2) is 5.13 Å². The van der Waals surface area contributed by atoms with E-state index in [-0.39, 0.29) is 5.82 Å². The van der Waals surface area contributed by atoms with E-state index in [0.29, 0.717) is 10.0 Å². The standard InChI is InChI=1S/C15H9Cl2FN2S/c16-10-7-11(17)9-14(8-10)20(15-19-5-6-21-15)13-3-1-12(18)2-4-13/h1-9H. The van der Waals surface area contributed by atoms with E-state index in [2.05, 4.69) is 4.98 Å². The van der Waals surface area contributed by atoms with E-state index in [1.165, 1.54) is 23.5 Å². The molecule has 6 heteroatoms. The SMILES string of the molecule is Fc1ccc(N(c2cc(Cl)cc(Cl)c2)c2nccs2)cc1. The van der Waals surface area contributed by atoms with Gasteiger partial charge in [-0.25, -0.2) is 9.37 Å². The summed E-state index contributed by atoms with van der Waals surface area (Å²) in [6.07, 6.45) is 1.71. The van der Waals surface area contributed by atoms with Gasteiger partial charge in [-0.05, 0) is 42.5 Å². The fourth-order valence-corrected chi connectivity index (χ4v) is 3.15. The highest BCUT2D eigenvalue weighted by atomic mass is 35.5. The lowest BCUT2D eigenvalue weighted by Crippen LogP contribution is -2.09. The fourth-order valence-electron chi connectivity index (χ4n) is 1.95. The third-order valence-corrected chi connectivity index (χ3v) is 3.99. The van der Waals surface area contributed by atoms with Gasteiger partial charge in [0.1, 0.15) is 5.82 Å². The molecular weight excluding hydrogens is 330 g/mol. The van der Waals surface area contributed by atoms with Crippen LogP contribution in [0.3, 0.4) is 0 Å². The lowest BCUT2D eigenvalue weighted by Gasteiger charge is -2.22. The van der Waals surface area contributed by atoms with Crippen LogP contribution in [0, 0.1) is 5.82 Å². The Bertz CT molecular complexity index is 725. The van der Waals surface area contributed by atoms with Gasteiger partial charge in [0.25, 0.3) is 0 Å². The van der Waals surface area contributed by atoms with Gasteiger partial charge in [0.2, 0.25) is 0 Å². The second-order valence-corrected chi connectivity index (χ2v) is 6.00. The van der Waals surface area contributed by atoms with Gasteiger partial charge in [0, 0.05) is 27.3 Å². The van der Waals surface area contributed by atoms with Crippen molar-refractivity contribution in [2.75, 3.05) is 4.90 Å². The molecule has 21 heavy (non-hydrogen) atoms. The van der Waals surface area contributed by atoms with Crippen molar-refractivity contribution in [3.63, 3.8) is 0 Å². The highest BCUT2D eigenvalue weighted by Gasteiger charge is 2.15. The molecule has 2 aromatic carbocycles. The van der Waals surface area contributed by atoms with Crippen LogP contribution in [0.25, 0.3) is 0 Å². The molecule has 0 atom stereocenters. The first-order valence-electron chi connectivity index (χ1n) is 6.05. The molecule has 106 valence electrons. The minimum absolute atomic E-state index is 0.290. The van der Waals surface area contributed by atoms with Crippen LogP contribution in [0.5, 0.6) is 0 Å². The van der Waals surface area contributed by atoms with Crippen molar-refractivity contribution in [2.24, 2.45) is 0 Å². The van der Waals surface area contributed by atoms with Gasteiger partial charge < -0.3 is 0 Å². The first-order valence-corrected chi connectivity index (χ1v) is 7.68. The summed E-state index contributed by atoms with van der Waals surface area (Å²) in [5, 5.41) is 3.68. The van der Waals surface area contributed by atoms with Gasteiger partial charge in [-0.1, -0.05) is 23.2 Å². The molecular formula is C15H9Cl2FN2S. The summed E-state index contributed by atoms with van der Waals surface area (Å²) in [5.41, 5.74) is 1.55. The van der Waals surface area contributed by atoms with Crippen molar-refractivity contribution < 1.29 is 4.39 Å². The van der Waals surface area contributed by atoms with Crippen LogP contribution in [-0.2, 0) is 0 Å².